The number of aromatic nitrogens is 10. The van der Waals surface area contributed by atoms with Crippen molar-refractivity contribution in [3.63, 3.8) is 0 Å². The van der Waals surface area contributed by atoms with Crippen molar-refractivity contribution in [2.24, 2.45) is 22.7 Å². The minimum absolute atomic E-state index is 0.0145. The number of ether oxygens (including phenoxy) is 2. The van der Waals surface area contributed by atoms with Gasteiger partial charge in [0, 0.05) is 92.2 Å². The van der Waals surface area contributed by atoms with Crippen LogP contribution in [0, 0.1) is 36.5 Å². The molecular weight excluding hydrogens is 1100 g/mol. The summed E-state index contributed by atoms with van der Waals surface area (Å²) >= 11 is 3.46. The molecule has 4 saturated heterocycles. The smallest absolute Gasteiger partial charge is 0.257 e. The van der Waals surface area contributed by atoms with Gasteiger partial charge in [-0.15, -0.1) is 0 Å². The van der Waals surface area contributed by atoms with E-state index in [-0.39, 0.29) is 46.3 Å². The van der Waals surface area contributed by atoms with Crippen LogP contribution in [0.15, 0.2) is 139 Å². The average molecular weight is 1170 g/mol. The lowest BCUT2D eigenvalue weighted by atomic mass is 9.68. The number of anilines is 2. The number of amides is 4. The number of aromatic amines is 1. The minimum atomic E-state index is -0.335. The molecule has 2 spiro atoms. The largest absolute Gasteiger partial charge is 0.497 e. The molecule has 0 bridgehead atoms. The first-order valence-electron chi connectivity index (χ1n) is 27.5. The van der Waals surface area contributed by atoms with Gasteiger partial charge in [-0.25, -0.2) is 29.0 Å². The van der Waals surface area contributed by atoms with Gasteiger partial charge in [0.05, 0.1) is 82.7 Å². The molecule has 4 amide bonds. The van der Waals surface area contributed by atoms with Gasteiger partial charge in [-0.1, -0.05) is 36.4 Å². The lowest BCUT2D eigenvalue weighted by Gasteiger charge is -2.41. The standard InChI is InChI=1S/C32H32N8O3.C29H29BrN6O3/c1-21-25(23-16-34-35-17-23)18-33-31(37-21)39-20-32(27(30(39)42)15-22-6-5-7-24(14-22)43-2)9-12-38(13-10-32)29(41)26-19-36-40-11-4-3-8-28(26)40;1-19-24(30)17-31-28(33-19)35-18-29(23(27(35)38)15-20-6-5-7-21(14-20)39-2)9-12-34(13-10-29)26(37)22-16-32-36-11-4-3-8-25(22)36/h3-8,11,14,16-19,27H,9-10,12-13,15,20H2,1-2H3,(H,34,35);3-8,11,14,16-17,23H,9-10,12-13,15,18H2,1-2H3. The summed E-state index contributed by atoms with van der Waals surface area (Å²) in [7, 11) is 3.29. The second kappa shape index (κ2) is 22.2. The molecule has 0 saturated carbocycles. The van der Waals surface area contributed by atoms with Crippen LogP contribution in [0.2, 0.25) is 0 Å². The van der Waals surface area contributed by atoms with Gasteiger partial charge in [0.2, 0.25) is 23.7 Å². The molecular formula is C61H61BrN14O6. The van der Waals surface area contributed by atoms with Gasteiger partial charge in [0.15, 0.2) is 0 Å². The summed E-state index contributed by atoms with van der Waals surface area (Å²) in [5.74, 6) is 1.81. The first kappa shape index (κ1) is 53.8. The zero-order valence-corrected chi connectivity index (χ0v) is 47.6. The molecule has 4 fully saturated rings. The third-order valence-corrected chi connectivity index (χ3v) is 18.1. The molecule has 4 aliphatic rings. The van der Waals surface area contributed by atoms with Crippen LogP contribution in [0.4, 0.5) is 11.9 Å². The maximum absolute atomic E-state index is 14.2. The zero-order valence-electron chi connectivity index (χ0n) is 46.0. The Hall–Kier alpha value is -8.85. The molecule has 0 radical (unpaired) electrons. The number of carbonyl (C=O) groups is 4. The van der Waals surface area contributed by atoms with E-state index in [2.05, 4.69) is 51.3 Å². The summed E-state index contributed by atoms with van der Waals surface area (Å²) in [6.45, 7) is 7.09. The number of hydrogen-bond acceptors (Lipinski definition) is 13. The van der Waals surface area contributed by atoms with Crippen LogP contribution in [0.25, 0.3) is 22.2 Å². The van der Waals surface area contributed by atoms with E-state index in [9.17, 15) is 19.2 Å². The van der Waals surface area contributed by atoms with E-state index in [0.717, 1.165) is 60.6 Å². The topological polar surface area (TPSA) is 215 Å². The van der Waals surface area contributed by atoms with Crippen molar-refractivity contribution in [2.75, 3.05) is 63.3 Å². The summed E-state index contributed by atoms with van der Waals surface area (Å²) in [6.07, 6.45) is 17.9. The summed E-state index contributed by atoms with van der Waals surface area (Å²) in [5, 5.41) is 15.5. The number of methoxy groups -OCH3 is 2. The van der Waals surface area contributed by atoms with E-state index in [0.29, 0.717) is 101 Å². The average Bonchev–Trinajstić information content (AvgIpc) is 4.54. The number of piperidine rings is 2. The molecule has 7 aromatic heterocycles. The second-order valence-corrected chi connectivity index (χ2v) is 22.7. The number of H-pyrrole nitrogens is 1. The van der Waals surface area contributed by atoms with E-state index in [1.807, 2.05) is 121 Å². The quantitative estimate of drug-likeness (QED) is 0.129. The number of nitrogens with zero attached hydrogens (tertiary/aromatic N) is 13. The van der Waals surface area contributed by atoms with Gasteiger partial charge in [-0.05, 0) is 128 Å². The van der Waals surface area contributed by atoms with Gasteiger partial charge in [-0.2, -0.15) is 15.3 Å². The maximum Gasteiger partial charge on any atom is 0.257 e. The van der Waals surface area contributed by atoms with Crippen molar-refractivity contribution >= 4 is 62.5 Å². The highest BCUT2D eigenvalue weighted by atomic mass is 79.9. The second-order valence-electron chi connectivity index (χ2n) is 21.8. The fraction of sp³-hybridized carbons (Fsp3) is 0.328. The highest BCUT2D eigenvalue weighted by molar-refractivity contribution is 9.10. The van der Waals surface area contributed by atoms with Crippen molar-refractivity contribution in [1.82, 2.24) is 59.2 Å². The first-order valence-corrected chi connectivity index (χ1v) is 28.3. The molecule has 418 valence electrons. The van der Waals surface area contributed by atoms with Crippen LogP contribution in [0.3, 0.4) is 0 Å². The third kappa shape index (κ3) is 10.1. The fourth-order valence-corrected chi connectivity index (χ4v) is 12.8. The molecule has 4 aliphatic heterocycles. The predicted molar refractivity (Wildman–Crippen MR) is 309 cm³/mol. The third-order valence-electron chi connectivity index (χ3n) is 17.3. The lowest BCUT2D eigenvalue weighted by molar-refractivity contribution is -0.123. The van der Waals surface area contributed by atoms with E-state index in [1.165, 1.54) is 0 Å². The summed E-state index contributed by atoms with van der Waals surface area (Å²) in [5.41, 5.74) is 7.55. The molecule has 2 unspecified atom stereocenters. The lowest BCUT2D eigenvalue weighted by Crippen LogP contribution is -2.47. The Morgan fingerprint density at radius 2 is 1.11 bits per heavy atom. The predicted octanol–water partition coefficient (Wildman–Crippen LogP) is 8.29. The van der Waals surface area contributed by atoms with Gasteiger partial charge in [0.1, 0.15) is 11.5 Å². The maximum atomic E-state index is 14.2. The normalized spacial score (nSPS) is 18.4. The van der Waals surface area contributed by atoms with Crippen LogP contribution in [-0.2, 0) is 22.4 Å². The number of carbonyl (C=O) groups excluding carboxylic acids is 4. The number of rotatable bonds is 11. The number of halogens is 1. The van der Waals surface area contributed by atoms with Crippen LogP contribution >= 0.6 is 15.9 Å². The highest BCUT2D eigenvalue weighted by Gasteiger charge is 2.56. The number of fused-ring (bicyclic) bond motifs is 2. The molecule has 9 aromatic rings. The van der Waals surface area contributed by atoms with E-state index >= 15 is 0 Å². The Morgan fingerprint density at radius 1 is 0.622 bits per heavy atom. The van der Waals surface area contributed by atoms with Crippen molar-refractivity contribution in [1.29, 1.82) is 0 Å². The van der Waals surface area contributed by atoms with E-state index < -0.39 is 0 Å². The van der Waals surface area contributed by atoms with Gasteiger partial charge in [0.25, 0.3) is 11.8 Å². The van der Waals surface area contributed by atoms with Gasteiger partial charge in [-0.3, -0.25) is 34.1 Å². The number of pyridine rings is 2. The highest BCUT2D eigenvalue weighted by Crippen LogP contribution is 2.50. The number of aryl methyl sites for hydroxylation is 2. The fourth-order valence-electron chi connectivity index (χ4n) is 12.6. The molecule has 21 heteroatoms. The van der Waals surface area contributed by atoms with Crippen molar-refractivity contribution in [3.05, 3.63) is 173 Å². The van der Waals surface area contributed by atoms with Crippen molar-refractivity contribution < 1.29 is 28.7 Å². The number of likely N-dealkylation sites (tertiary alicyclic amines) is 2. The van der Waals surface area contributed by atoms with E-state index in [1.54, 1.807) is 70.2 Å². The molecule has 0 aliphatic carbocycles. The zero-order chi connectivity index (χ0) is 56.7. The SMILES string of the molecule is COc1cccc(CC2C(=O)N(c3ncc(-c4cn[nH]c4)c(C)n3)CC23CCN(C(=O)c2cnn4ccccc24)CC3)c1.COc1cccc(CC2C(=O)N(c3ncc(Br)c(C)n3)CC23CCN(C(=O)c2cnn4ccccc24)CC3)c1. The Balaban J connectivity index is 0.000000163. The summed E-state index contributed by atoms with van der Waals surface area (Å²) in [4.78, 5) is 81.1. The van der Waals surface area contributed by atoms with Crippen LogP contribution in [0.5, 0.6) is 11.5 Å². The van der Waals surface area contributed by atoms with Crippen LogP contribution < -0.4 is 19.3 Å². The van der Waals surface area contributed by atoms with Crippen LogP contribution in [-0.4, -0.2) is 136 Å². The number of hydrogen-bond donors (Lipinski definition) is 1. The molecule has 20 nitrogen and oxygen atoms in total. The molecule has 1 N–H and O–H groups in total. The monoisotopic (exact) mass is 1160 g/mol. The van der Waals surface area contributed by atoms with Gasteiger partial charge >= 0.3 is 0 Å². The molecule has 2 aromatic carbocycles. The minimum Gasteiger partial charge on any atom is -0.497 e. The molecule has 82 heavy (non-hydrogen) atoms. The van der Waals surface area contributed by atoms with E-state index in [4.69, 9.17) is 14.5 Å². The van der Waals surface area contributed by atoms with Crippen molar-refractivity contribution in [3.8, 4) is 22.6 Å². The Labute approximate surface area is 481 Å². The number of benzene rings is 2. The molecule has 13 rings (SSSR count). The number of nitrogens with one attached hydrogen (secondary N) is 1. The molecule has 2 atom stereocenters. The van der Waals surface area contributed by atoms with Crippen molar-refractivity contribution in [2.45, 2.75) is 52.4 Å². The molecule has 11 heterocycles. The first-order chi connectivity index (χ1) is 39.8. The Kier molecular flexibility index (Phi) is 14.6. The summed E-state index contributed by atoms with van der Waals surface area (Å²) < 4.78 is 15.1. The Morgan fingerprint density at radius 3 is 1.56 bits per heavy atom. The van der Waals surface area contributed by atoms with Gasteiger partial charge < -0.3 is 19.3 Å². The summed E-state index contributed by atoms with van der Waals surface area (Å²) in [6, 6.07) is 27.2. The Bertz CT molecular complexity index is 3870. The van der Waals surface area contributed by atoms with Crippen LogP contribution in [0.1, 0.15) is 68.9 Å².